The number of nitrogens with zero attached hydrogens (tertiary/aromatic N) is 1. The second-order valence-corrected chi connectivity index (χ2v) is 6.09. The number of rotatable bonds is 4. The Labute approximate surface area is 120 Å². The number of carbonyl (C=O) groups excluding carboxylic acids is 2. The van der Waals surface area contributed by atoms with Crippen molar-refractivity contribution in [2.45, 2.75) is 47.5 Å². The van der Waals surface area contributed by atoms with Gasteiger partial charge in [0.25, 0.3) is 0 Å². The fourth-order valence-corrected chi connectivity index (χ4v) is 3.11. The van der Waals surface area contributed by atoms with Crippen LogP contribution in [0, 0.1) is 16.7 Å². The van der Waals surface area contributed by atoms with E-state index >= 15 is 0 Å². The van der Waals surface area contributed by atoms with Crippen molar-refractivity contribution in [2.24, 2.45) is 27.6 Å². The second kappa shape index (κ2) is 5.81. The van der Waals surface area contributed by atoms with E-state index in [1.807, 2.05) is 34.6 Å². The van der Waals surface area contributed by atoms with Gasteiger partial charge in [0.1, 0.15) is 0 Å². The maximum absolute atomic E-state index is 12.3. The second-order valence-electron chi connectivity index (χ2n) is 6.09. The smallest absolute Gasteiger partial charge is 0.332 e. The van der Waals surface area contributed by atoms with Gasteiger partial charge in [-0.15, -0.1) is 0 Å². The van der Waals surface area contributed by atoms with E-state index in [9.17, 15) is 9.59 Å². The molecule has 0 spiro atoms. The molecule has 0 radical (unpaired) electrons. The summed E-state index contributed by atoms with van der Waals surface area (Å²) in [4.78, 5) is 23.0. The molecule has 6 nitrogen and oxygen atoms in total. The SMILES string of the molecule is CCOC(=O)[C@@]1(C)CC[C@H](/C(C)=N\NC(N)=O)C1(C)C. The lowest BCUT2D eigenvalue weighted by Crippen LogP contribution is -2.43. The highest BCUT2D eigenvalue weighted by atomic mass is 16.5. The molecular formula is C14H25N3O3. The lowest BCUT2D eigenvalue weighted by atomic mass is 9.65. The minimum Gasteiger partial charge on any atom is -0.466 e. The molecule has 0 aromatic rings. The molecule has 1 aliphatic rings. The van der Waals surface area contributed by atoms with Gasteiger partial charge in [0, 0.05) is 11.6 Å². The van der Waals surface area contributed by atoms with Crippen molar-refractivity contribution in [1.29, 1.82) is 0 Å². The molecule has 2 amide bonds. The van der Waals surface area contributed by atoms with E-state index in [4.69, 9.17) is 10.5 Å². The Kier molecular flexibility index (Phi) is 4.78. The maximum atomic E-state index is 12.3. The minimum atomic E-state index is -0.687. The number of esters is 1. The lowest BCUT2D eigenvalue weighted by molar-refractivity contribution is -0.160. The van der Waals surface area contributed by atoms with Crippen LogP contribution in [0.15, 0.2) is 5.10 Å². The molecule has 0 aromatic heterocycles. The Morgan fingerprint density at radius 3 is 2.50 bits per heavy atom. The van der Waals surface area contributed by atoms with Crippen LogP contribution in [0.1, 0.15) is 47.5 Å². The van der Waals surface area contributed by atoms with Crippen LogP contribution in [0.5, 0.6) is 0 Å². The van der Waals surface area contributed by atoms with E-state index in [1.54, 1.807) is 0 Å². The molecule has 1 fully saturated rings. The fraction of sp³-hybridized carbons (Fsp3) is 0.786. The molecule has 0 aromatic carbocycles. The number of hydrazone groups is 1. The molecule has 114 valence electrons. The van der Waals surface area contributed by atoms with Crippen molar-refractivity contribution in [1.82, 2.24) is 5.43 Å². The monoisotopic (exact) mass is 283 g/mol. The summed E-state index contributed by atoms with van der Waals surface area (Å²) in [6, 6.07) is -0.687. The first-order chi connectivity index (χ1) is 9.16. The lowest BCUT2D eigenvalue weighted by Gasteiger charge is -2.39. The standard InChI is InChI=1S/C14H25N3O3/c1-6-20-11(18)14(5)8-7-10(13(14,3)4)9(2)16-17-12(15)19/h10H,6-8H2,1-5H3,(H3,15,17,19)/b16-9-/t10-,14-/m1/s1. The Hall–Kier alpha value is -1.59. The summed E-state index contributed by atoms with van der Waals surface area (Å²) in [6.07, 6.45) is 1.57. The zero-order chi connectivity index (χ0) is 15.6. The van der Waals surface area contributed by atoms with Crippen molar-refractivity contribution >= 4 is 17.7 Å². The van der Waals surface area contributed by atoms with E-state index < -0.39 is 11.4 Å². The van der Waals surface area contributed by atoms with Gasteiger partial charge in [-0.1, -0.05) is 13.8 Å². The predicted molar refractivity (Wildman–Crippen MR) is 77.1 cm³/mol. The zero-order valence-corrected chi connectivity index (χ0v) is 12.9. The van der Waals surface area contributed by atoms with E-state index in [-0.39, 0.29) is 17.3 Å². The van der Waals surface area contributed by atoms with E-state index in [2.05, 4.69) is 10.5 Å². The third-order valence-electron chi connectivity index (χ3n) is 4.80. The molecule has 3 N–H and O–H groups in total. The first kappa shape index (κ1) is 16.5. The topological polar surface area (TPSA) is 93.8 Å². The number of hydrogen-bond donors (Lipinski definition) is 2. The molecule has 1 rings (SSSR count). The molecule has 1 saturated carbocycles. The quantitative estimate of drug-likeness (QED) is 0.469. The van der Waals surface area contributed by atoms with Crippen LogP contribution in [-0.4, -0.2) is 24.3 Å². The molecule has 0 heterocycles. The Morgan fingerprint density at radius 2 is 2.00 bits per heavy atom. The summed E-state index contributed by atoms with van der Waals surface area (Å²) < 4.78 is 5.22. The molecule has 20 heavy (non-hydrogen) atoms. The average Bonchev–Trinajstić information content (AvgIpc) is 2.59. The summed E-state index contributed by atoms with van der Waals surface area (Å²) in [5.41, 5.74) is 7.20. The van der Waals surface area contributed by atoms with Crippen LogP contribution in [0.2, 0.25) is 0 Å². The normalized spacial score (nSPS) is 29.1. The third-order valence-corrected chi connectivity index (χ3v) is 4.80. The number of carbonyl (C=O) groups is 2. The summed E-state index contributed by atoms with van der Waals surface area (Å²) in [5.74, 6) is -0.0630. The number of ether oxygens (including phenoxy) is 1. The van der Waals surface area contributed by atoms with Gasteiger partial charge in [-0.25, -0.2) is 10.2 Å². The highest BCUT2D eigenvalue weighted by Gasteiger charge is 2.57. The zero-order valence-electron chi connectivity index (χ0n) is 12.9. The van der Waals surface area contributed by atoms with Crippen LogP contribution in [0.3, 0.4) is 0 Å². The summed E-state index contributed by atoms with van der Waals surface area (Å²) in [6.45, 7) is 10.1. The van der Waals surface area contributed by atoms with Gasteiger partial charge in [-0.05, 0) is 39.0 Å². The molecule has 6 heteroatoms. The van der Waals surface area contributed by atoms with Gasteiger partial charge in [0.15, 0.2) is 0 Å². The van der Waals surface area contributed by atoms with Crippen LogP contribution in [0.25, 0.3) is 0 Å². The first-order valence-electron chi connectivity index (χ1n) is 6.93. The van der Waals surface area contributed by atoms with Gasteiger partial charge in [-0.3, -0.25) is 4.79 Å². The highest BCUT2D eigenvalue weighted by molar-refractivity contribution is 5.89. The molecule has 0 bridgehead atoms. The van der Waals surface area contributed by atoms with Gasteiger partial charge >= 0.3 is 12.0 Å². The molecular weight excluding hydrogens is 258 g/mol. The van der Waals surface area contributed by atoms with E-state index in [0.29, 0.717) is 6.61 Å². The molecule has 0 unspecified atom stereocenters. The van der Waals surface area contributed by atoms with Gasteiger partial charge in [0.05, 0.1) is 12.0 Å². The molecule has 0 aliphatic heterocycles. The van der Waals surface area contributed by atoms with Crippen molar-refractivity contribution in [3.05, 3.63) is 0 Å². The fourth-order valence-electron chi connectivity index (χ4n) is 3.11. The van der Waals surface area contributed by atoms with Crippen molar-refractivity contribution in [2.75, 3.05) is 6.61 Å². The Morgan fingerprint density at radius 1 is 1.40 bits per heavy atom. The summed E-state index contributed by atoms with van der Waals surface area (Å²) in [5, 5.41) is 4.01. The first-order valence-corrected chi connectivity index (χ1v) is 6.93. The number of nitrogens with two attached hydrogens (primary N) is 1. The van der Waals surface area contributed by atoms with Gasteiger partial charge in [-0.2, -0.15) is 5.10 Å². The number of primary amides is 1. The number of urea groups is 1. The Balaban J connectivity index is 2.97. The third kappa shape index (κ3) is 2.78. The van der Waals surface area contributed by atoms with Crippen molar-refractivity contribution in [3.63, 3.8) is 0 Å². The Bertz CT molecular complexity index is 431. The number of hydrogen-bond acceptors (Lipinski definition) is 4. The average molecular weight is 283 g/mol. The number of nitrogens with one attached hydrogen (secondary N) is 1. The van der Waals surface area contributed by atoms with Crippen LogP contribution >= 0.6 is 0 Å². The minimum absolute atomic E-state index is 0.101. The maximum Gasteiger partial charge on any atom is 0.332 e. The van der Waals surface area contributed by atoms with E-state index in [0.717, 1.165) is 18.6 Å². The molecule has 2 atom stereocenters. The van der Waals surface area contributed by atoms with Crippen LogP contribution in [0.4, 0.5) is 4.79 Å². The summed E-state index contributed by atoms with van der Waals surface area (Å²) in [7, 11) is 0. The van der Waals surface area contributed by atoms with Crippen LogP contribution < -0.4 is 11.2 Å². The summed E-state index contributed by atoms with van der Waals surface area (Å²) >= 11 is 0. The number of amides is 2. The molecule has 1 aliphatic carbocycles. The predicted octanol–water partition coefficient (Wildman–Crippen LogP) is 2.04. The molecule has 0 saturated heterocycles. The highest BCUT2D eigenvalue weighted by Crippen LogP contribution is 2.56. The van der Waals surface area contributed by atoms with Gasteiger partial charge in [0.2, 0.25) is 0 Å². The van der Waals surface area contributed by atoms with Crippen molar-refractivity contribution in [3.8, 4) is 0 Å². The van der Waals surface area contributed by atoms with Gasteiger partial charge < -0.3 is 10.5 Å². The van der Waals surface area contributed by atoms with Crippen molar-refractivity contribution < 1.29 is 14.3 Å². The van der Waals surface area contributed by atoms with E-state index in [1.165, 1.54) is 0 Å². The van der Waals surface area contributed by atoms with Crippen LogP contribution in [-0.2, 0) is 9.53 Å². The largest absolute Gasteiger partial charge is 0.466 e.